The Morgan fingerprint density at radius 3 is 3.19 bits per heavy atom. The zero-order valence-electron chi connectivity index (χ0n) is 12.1. The highest BCUT2D eigenvalue weighted by molar-refractivity contribution is 7.15. The van der Waals surface area contributed by atoms with Crippen molar-refractivity contribution in [2.45, 2.75) is 26.8 Å². The van der Waals surface area contributed by atoms with E-state index in [1.165, 1.54) is 17.0 Å². The third-order valence-electron chi connectivity index (χ3n) is 3.98. The Morgan fingerprint density at radius 1 is 1.38 bits per heavy atom. The number of nitrogens with one attached hydrogen (secondary N) is 1. The van der Waals surface area contributed by atoms with Crippen molar-refractivity contribution in [2.75, 3.05) is 11.9 Å². The van der Waals surface area contributed by atoms with E-state index in [4.69, 9.17) is 4.74 Å². The molecule has 2 aromatic heterocycles. The fourth-order valence-corrected chi connectivity index (χ4v) is 3.79. The van der Waals surface area contributed by atoms with E-state index in [0.717, 1.165) is 41.7 Å². The minimum atomic E-state index is 0.782. The van der Waals surface area contributed by atoms with Crippen LogP contribution in [-0.4, -0.2) is 16.0 Å². The summed E-state index contributed by atoms with van der Waals surface area (Å²) in [5.41, 5.74) is 6.01. The van der Waals surface area contributed by atoms with Gasteiger partial charge in [0.25, 0.3) is 0 Å². The van der Waals surface area contributed by atoms with Crippen LogP contribution in [0, 0.1) is 13.8 Å². The quantitative estimate of drug-likeness (QED) is 0.803. The number of thiazole rings is 1. The lowest BCUT2D eigenvalue weighted by atomic mass is 10.1. The number of ether oxygens (including phenoxy) is 1. The van der Waals surface area contributed by atoms with Gasteiger partial charge < -0.3 is 10.1 Å². The van der Waals surface area contributed by atoms with Crippen LogP contribution in [0.4, 0.5) is 5.69 Å². The van der Waals surface area contributed by atoms with Gasteiger partial charge in [0.1, 0.15) is 5.75 Å². The van der Waals surface area contributed by atoms with Gasteiger partial charge in [-0.05, 0) is 37.6 Å². The van der Waals surface area contributed by atoms with Crippen LogP contribution in [0.15, 0.2) is 23.6 Å². The third-order valence-corrected chi connectivity index (χ3v) is 4.92. The lowest BCUT2D eigenvalue weighted by Gasteiger charge is -2.09. The van der Waals surface area contributed by atoms with Crippen LogP contribution < -0.4 is 10.1 Å². The number of nitrogens with zero attached hydrogens (tertiary/aromatic N) is 2. The molecule has 0 spiro atoms. The van der Waals surface area contributed by atoms with Gasteiger partial charge in [-0.25, -0.2) is 4.98 Å². The average molecular weight is 299 g/mol. The minimum absolute atomic E-state index is 0.782. The summed E-state index contributed by atoms with van der Waals surface area (Å²) < 4.78 is 7.78. The smallest absolute Gasteiger partial charge is 0.194 e. The number of hydrogen-bond acceptors (Lipinski definition) is 4. The first-order valence-electron chi connectivity index (χ1n) is 7.14. The van der Waals surface area contributed by atoms with E-state index >= 15 is 0 Å². The standard InChI is InChI=1S/C16H17N3OS/c1-10-9-21-16-18-11(2)14(19(10)16)8-17-13-3-4-15-12(7-13)5-6-20-15/h3-4,7,9,17H,5-6,8H2,1-2H3. The van der Waals surface area contributed by atoms with Gasteiger partial charge in [-0.1, -0.05) is 0 Å². The van der Waals surface area contributed by atoms with Crippen molar-refractivity contribution < 1.29 is 4.74 Å². The molecule has 1 N–H and O–H groups in total. The van der Waals surface area contributed by atoms with Gasteiger partial charge in [0, 0.05) is 23.2 Å². The Hall–Kier alpha value is -2.01. The second-order valence-corrected chi connectivity index (χ2v) is 6.25. The highest BCUT2D eigenvalue weighted by atomic mass is 32.1. The number of rotatable bonds is 3. The van der Waals surface area contributed by atoms with Crippen LogP contribution >= 0.6 is 11.3 Å². The third kappa shape index (κ3) is 2.08. The summed E-state index contributed by atoms with van der Waals surface area (Å²) in [4.78, 5) is 5.70. The summed E-state index contributed by atoms with van der Waals surface area (Å²) in [5.74, 6) is 1.03. The van der Waals surface area contributed by atoms with Crippen molar-refractivity contribution in [3.63, 3.8) is 0 Å². The second-order valence-electron chi connectivity index (χ2n) is 5.41. The summed E-state index contributed by atoms with van der Waals surface area (Å²) in [6.07, 6.45) is 1.00. The predicted molar refractivity (Wildman–Crippen MR) is 85.5 cm³/mol. The van der Waals surface area contributed by atoms with Crippen molar-refractivity contribution in [1.29, 1.82) is 0 Å². The van der Waals surface area contributed by atoms with E-state index in [2.05, 4.69) is 52.1 Å². The van der Waals surface area contributed by atoms with E-state index in [9.17, 15) is 0 Å². The highest BCUT2D eigenvalue weighted by Gasteiger charge is 2.14. The SMILES string of the molecule is Cc1nc2scc(C)n2c1CNc1ccc2c(c1)CCO2. The number of aryl methyl sites for hydroxylation is 2. The fourth-order valence-electron chi connectivity index (χ4n) is 2.86. The molecule has 108 valence electrons. The first-order chi connectivity index (χ1) is 10.2. The molecule has 1 aliphatic rings. The summed E-state index contributed by atoms with van der Waals surface area (Å²) in [6.45, 7) is 5.78. The lowest BCUT2D eigenvalue weighted by molar-refractivity contribution is 0.357. The number of fused-ring (bicyclic) bond motifs is 2. The molecule has 1 aromatic carbocycles. The maximum Gasteiger partial charge on any atom is 0.194 e. The molecular formula is C16H17N3OS. The zero-order chi connectivity index (χ0) is 14.4. The van der Waals surface area contributed by atoms with Crippen LogP contribution in [0.25, 0.3) is 4.96 Å². The first kappa shape index (κ1) is 12.7. The molecule has 4 nitrogen and oxygen atoms in total. The van der Waals surface area contributed by atoms with Crippen LogP contribution in [0.5, 0.6) is 5.75 Å². The Balaban J connectivity index is 1.61. The number of anilines is 1. The molecule has 4 rings (SSSR count). The van der Waals surface area contributed by atoms with Crippen LogP contribution in [0.3, 0.4) is 0 Å². The molecule has 21 heavy (non-hydrogen) atoms. The summed E-state index contributed by atoms with van der Waals surface area (Å²) in [7, 11) is 0. The van der Waals surface area contributed by atoms with Gasteiger partial charge in [-0.15, -0.1) is 11.3 Å². The van der Waals surface area contributed by atoms with Crippen LogP contribution in [0.1, 0.15) is 22.6 Å². The van der Waals surface area contributed by atoms with Crippen LogP contribution in [-0.2, 0) is 13.0 Å². The van der Waals surface area contributed by atoms with E-state index in [1.54, 1.807) is 11.3 Å². The molecule has 0 amide bonds. The summed E-state index contributed by atoms with van der Waals surface area (Å²) in [6, 6.07) is 6.33. The Kier molecular flexibility index (Phi) is 2.89. The van der Waals surface area contributed by atoms with E-state index in [0.29, 0.717) is 0 Å². The monoisotopic (exact) mass is 299 g/mol. The highest BCUT2D eigenvalue weighted by Crippen LogP contribution is 2.28. The molecule has 3 heterocycles. The number of aromatic nitrogens is 2. The summed E-state index contributed by atoms with van der Waals surface area (Å²) in [5, 5.41) is 5.67. The fraction of sp³-hybridized carbons (Fsp3) is 0.312. The first-order valence-corrected chi connectivity index (χ1v) is 8.02. The lowest BCUT2D eigenvalue weighted by Crippen LogP contribution is -2.04. The Morgan fingerprint density at radius 2 is 2.29 bits per heavy atom. The molecule has 0 aliphatic carbocycles. The van der Waals surface area contributed by atoms with Gasteiger partial charge in [0.2, 0.25) is 0 Å². The Bertz CT molecular complexity index is 818. The number of hydrogen-bond donors (Lipinski definition) is 1. The van der Waals surface area contributed by atoms with Crippen molar-refractivity contribution in [3.8, 4) is 5.75 Å². The summed E-state index contributed by atoms with van der Waals surface area (Å²) >= 11 is 1.69. The number of benzene rings is 1. The van der Waals surface area contributed by atoms with E-state index in [-0.39, 0.29) is 0 Å². The molecule has 0 atom stereocenters. The van der Waals surface area contributed by atoms with E-state index in [1.807, 2.05) is 0 Å². The second kappa shape index (κ2) is 4.77. The molecule has 0 radical (unpaired) electrons. The molecule has 3 aromatic rings. The molecular weight excluding hydrogens is 282 g/mol. The minimum Gasteiger partial charge on any atom is -0.493 e. The predicted octanol–water partition coefficient (Wildman–Crippen LogP) is 3.56. The normalized spacial score (nSPS) is 13.4. The van der Waals surface area contributed by atoms with Gasteiger partial charge >= 0.3 is 0 Å². The van der Waals surface area contributed by atoms with Crippen molar-refractivity contribution in [1.82, 2.24) is 9.38 Å². The van der Waals surface area contributed by atoms with Gasteiger partial charge in [0.15, 0.2) is 4.96 Å². The molecule has 0 saturated heterocycles. The molecule has 0 bridgehead atoms. The number of imidazole rings is 1. The van der Waals surface area contributed by atoms with Crippen molar-refractivity contribution >= 4 is 22.0 Å². The molecule has 0 fully saturated rings. The molecule has 5 heteroatoms. The maximum atomic E-state index is 5.55. The molecule has 1 aliphatic heterocycles. The van der Waals surface area contributed by atoms with Crippen LogP contribution in [0.2, 0.25) is 0 Å². The Labute approximate surface area is 127 Å². The topological polar surface area (TPSA) is 38.6 Å². The van der Waals surface area contributed by atoms with Gasteiger partial charge in [-0.2, -0.15) is 0 Å². The molecule has 0 saturated carbocycles. The van der Waals surface area contributed by atoms with Gasteiger partial charge in [0.05, 0.1) is 24.5 Å². The maximum absolute atomic E-state index is 5.55. The average Bonchev–Trinajstić information content (AvgIpc) is 3.14. The largest absolute Gasteiger partial charge is 0.493 e. The van der Waals surface area contributed by atoms with Crippen molar-refractivity contribution in [2.24, 2.45) is 0 Å². The zero-order valence-corrected chi connectivity index (χ0v) is 13.0. The molecule has 0 unspecified atom stereocenters. The van der Waals surface area contributed by atoms with Crippen molar-refractivity contribution in [3.05, 3.63) is 46.2 Å². The van der Waals surface area contributed by atoms with Gasteiger partial charge in [-0.3, -0.25) is 4.40 Å². The van der Waals surface area contributed by atoms with E-state index < -0.39 is 0 Å².